The van der Waals surface area contributed by atoms with Crippen LogP contribution in [0.1, 0.15) is 39.4 Å². The lowest BCUT2D eigenvalue weighted by molar-refractivity contribution is -0.384. The Bertz CT molecular complexity index is 1030. The zero-order chi connectivity index (χ0) is 21.0. The molecule has 1 atom stereocenters. The summed E-state index contributed by atoms with van der Waals surface area (Å²) < 4.78 is 5.04. The standard InChI is InChI=1S/C21H19N3O5/c1-14(16-5-3-6-18(13-16)24(27)28)23(2)21(26)15-8-10-17(11-9-15)22-20(25)19-7-4-12-29-19/h3-14H,1-2H3,(H,22,25)/t14-/m1/s1. The number of hydrogen-bond donors (Lipinski definition) is 1. The Balaban J connectivity index is 1.70. The van der Waals surface area contributed by atoms with Crippen LogP contribution in [0.25, 0.3) is 0 Å². The highest BCUT2D eigenvalue weighted by Crippen LogP contribution is 2.24. The molecule has 29 heavy (non-hydrogen) atoms. The molecule has 1 N–H and O–H groups in total. The van der Waals surface area contributed by atoms with E-state index in [-0.39, 0.29) is 29.3 Å². The van der Waals surface area contributed by atoms with Gasteiger partial charge in [-0.25, -0.2) is 0 Å². The smallest absolute Gasteiger partial charge is 0.291 e. The zero-order valence-corrected chi connectivity index (χ0v) is 15.9. The number of carbonyl (C=O) groups is 2. The van der Waals surface area contributed by atoms with Gasteiger partial charge in [-0.3, -0.25) is 19.7 Å². The first-order valence-electron chi connectivity index (χ1n) is 8.83. The summed E-state index contributed by atoms with van der Waals surface area (Å²) in [5, 5.41) is 13.7. The number of hydrogen-bond acceptors (Lipinski definition) is 5. The molecule has 0 unspecified atom stereocenters. The summed E-state index contributed by atoms with van der Waals surface area (Å²) in [5.74, 6) is -0.436. The molecular weight excluding hydrogens is 374 g/mol. The van der Waals surface area contributed by atoms with Crippen LogP contribution in [0.3, 0.4) is 0 Å². The number of amides is 2. The van der Waals surface area contributed by atoms with Crippen molar-refractivity contribution in [3.8, 4) is 0 Å². The molecule has 0 saturated heterocycles. The molecule has 0 aliphatic heterocycles. The van der Waals surface area contributed by atoms with E-state index in [1.54, 1.807) is 62.5 Å². The van der Waals surface area contributed by atoms with Gasteiger partial charge in [0.05, 0.1) is 17.2 Å². The van der Waals surface area contributed by atoms with Crippen molar-refractivity contribution in [3.05, 3.63) is 93.9 Å². The van der Waals surface area contributed by atoms with E-state index in [0.717, 1.165) is 0 Å². The van der Waals surface area contributed by atoms with Gasteiger partial charge in [0.1, 0.15) is 0 Å². The number of nitro benzene ring substituents is 1. The van der Waals surface area contributed by atoms with Crippen LogP contribution in [0.5, 0.6) is 0 Å². The van der Waals surface area contributed by atoms with Crippen molar-refractivity contribution in [2.24, 2.45) is 0 Å². The van der Waals surface area contributed by atoms with Gasteiger partial charge in [-0.15, -0.1) is 0 Å². The average molecular weight is 393 g/mol. The summed E-state index contributed by atoms with van der Waals surface area (Å²) >= 11 is 0. The number of benzene rings is 2. The normalized spacial score (nSPS) is 11.5. The van der Waals surface area contributed by atoms with Crippen molar-refractivity contribution in [2.45, 2.75) is 13.0 Å². The van der Waals surface area contributed by atoms with Crippen molar-refractivity contribution in [2.75, 3.05) is 12.4 Å². The maximum Gasteiger partial charge on any atom is 0.291 e. The summed E-state index contributed by atoms with van der Waals surface area (Å²) in [6, 6.07) is 15.5. The number of carbonyl (C=O) groups excluding carboxylic acids is 2. The van der Waals surface area contributed by atoms with E-state index in [1.807, 2.05) is 0 Å². The molecule has 0 fully saturated rings. The molecule has 2 aromatic carbocycles. The Morgan fingerprint density at radius 2 is 1.83 bits per heavy atom. The van der Waals surface area contributed by atoms with Crippen molar-refractivity contribution in [1.29, 1.82) is 0 Å². The number of anilines is 1. The first-order valence-corrected chi connectivity index (χ1v) is 8.83. The van der Waals surface area contributed by atoms with E-state index in [0.29, 0.717) is 16.8 Å². The van der Waals surface area contributed by atoms with Crippen LogP contribution in [-0.2, 0) is 0 Å². The predicted molar refractivity (Wildman–Crippen MR) is 107 cm³/mol. The summed E-state index contributed by atoms with van der Waals surface area (Å²) in [7, 11) is 1.64. The van der Waals surface area contributed by atoms with Gasteiger partial charge in [-0.05, 0) is 48.9 Å². The van der Waals surface area contributed by atoms with Crippen molar-refractivity contribution in [1.82, 2.24) is 4.90 Å². The molecule has 8 nitrogen and oxygen atoms in total. The molecule has 1 heterocycles. The van der Waals surface area contributed by atoms with E-state index in [2.05, 4.69) is 5.32 Å². The lowest BCUT2D eigenvalue weighted by Gasteiger charge is -2.25. The third kappa shape index (κ3) is 4.49. The molecule has 8 heteroatoms. The number of furan rings is 1. The monoisotopic (exact) mass is 393 g/mol. The van der Waals surface area contributed by atoms with Crippen molar-refractivity contribution < 1.29 is 18.9 Å². The SMILES string of the molecule is C[C@H](c1cccc([N+](=O)[O-])c1)N(C)C(=O)c1ccc(NC(=O)c2ccco2)cc1. The van der Waals surface area contributed by atoms with E-state index in [4.69, 9.17) is 4.42 Å². The van der Waals surface area contributed by atoms with Crippen molar-refractivity contribution in [3.63, 3.8) is 0 Å². The second kappa shape index (κ2) is 8.39. The van der Waals surface area contributed by atoms with Crippen LogP contribution in [0.15, 0.2) is 71.3 Å². The lowest BCUT2D eigenvalue weighted by atomic mass is 10.1. The molecule has 2 amide bonds. The molecule has 0 saturated carbocycles. The quantitative estimate of drug-likeness (QED) is 0.497. The summed E-state index contributed by atoms with van der Waals surface area (Å²) in [5.41, 5.74) is 1.60. The molecule has 0 aliphatic carbocycles. The molecule has 0 radical (unpaired) electrons. The molecule has 1 aromatic heterocycles. The molecule has 3 rings (SSSR count). The maximum atomic E-state index is 12.8. The molecule has 3 aromatic rings. The molecule has 0 spiro atoms. The summed E-state index contributed by atoms with van der Waals surface area (Å²) in [4.78, 5) is 36.8. The molecule has 0 aliphatic rings. The highest BCUT2D eigenvalue weighted by Gasteiger charge is 2.20. The van der Waals surface area contributed by atoms with E-state index in [1.165, 1.54) is 23.3 Å². The fraction of sp³-hybridized carbons (Fsp3) is 0.143. The number of rotatable bonds is 6. The minimum Gasteiger partial charge on any atom is -0.459 e. The van der Waals surface area contributed by atoms with E-state index in [9.17, 15) is 19.7 Å². The van der Waals surface area contributed by atoms with Gasteiger partial charge >= 0.3 is 0 Å². The Morgan fingerprint density at radius 1 is 1.10 bits per heavy atom. The highest BCUT2D eigenvalue weighted by atomic mass is 16.6. The lowest BCUT2D eigenvalue weighted by Crippen LogP contribution is -2.29. The number of non-ortho nitro benzene ring substituents is 1. The number of nitro groups is 1. The minimum absolute atomic E-state index is 0.0214. The van der Waals surface area contributed by atoms with E-state index >= 15 is 0 Å². The van der Waals surface area contributed by atoms with Gasteiger partial charge in [0.15, 0.2) is 5.76 Å². The van der Waals surface area contributed by atoms with Crippen LogP contribution in [0.4, 0.5) is 11.4 Å². The number of nitrogens with zero attached hydrogens (tertiary/aromatic N) is 2. The topological polar surface area (TPSA) is 106 Å². The third-order valence-electron chi connectivity index (χ3n) is 4.60. The van der Waals surface area contributed by atoms with Gasteiger partial charge in [0.25, 0.3) is 17.5 Å². The Labute approximate surface area is 166 Å². The third-order valence-corrected chi connectivity index (χ3v) is 4.60. The fourth-order valence-electron chi connectivity index (χ4n) is 2.80. The Morgan fingerprint density at radius 3 is 2.45 bits per heavy atom. The zero-order valence-electron chi connectivity index (χ0n) is 15.9. The number of nitrogens with one attached hydrogen (secondary N) is 1. The van der Waals surface area contributed by atoms with Crippen LogP contribution in [0, 0.1) is 10.1 Å². The van der Waals surface area contributed by atoms with Crippen LogP contribution >= 0.6 is 0 Å². The van der Waals surface area contributed by atoms with Crippen LogP contribution in [-0.4, -0.2) is 28.7 Å². The first kappa shape index (κ1) is 19.8. The van der Waals surface area contributed by atoms with Gasteiger partial charge in [0.2, 0.25) is 0 Å². The largest absolute Gasteiger partial charge is 0.459 e. The predicted octanol–water partition coefficient (Wildman–Crippen LogP) is 4.27. The van der Waals surface area contributed by atoms with E-state index < -0.39 is 4.92 Å². The second-order valence-electron chi connectivity index (χ2n) is 6.45. The van der Waals surface area contributed by atoms with Gasteiger partial charge in [-0.1, -0.05) is 12.1 Å². The highest BCUT2D eigenvalue weighted by molar-refractivity contribution is 6.02. The van der Waals surface area contributed by atoms with Crippen LogP contribution < -0.4 is 5.32 Å². The minimum atomic E-state index is -0.465. The average Bonchev–Trinajstić information content (AvgIpc) is 3.28. The van der Waals surface area contributed by atoms with Gasteiger partial charge in [-0.2, -0.15) is 0 Å². The summed E-state index contributed by atoms with van der Waals surface area (Å²) in [6.07, 6.45) is 1.41. The molecule has 0 bridgehead atoms. The maximum absolute atomic E-state index is 12.8. The first-order chi connectivity index (χ1) is 13.9. The van der Waals surface area contributed by atoms with Crippen molar-refractivity contribution >= 4 is 23.2 Å². The van der Waals surface area contributed by atoms with Crippen LogP contribution in [0.2, 0.25) is 0 Å². The van der Waals surface area contributed by atoms with Gasteiger partial charge < -0.3 is 14.6 Å². The second-order valence-corrected chi connectivity index (χ2v) is 6.45. The Hall–Kier alpha value is -3.94. The fourth-order valence-corrected chi connectivity index (χ4v) is 2.80. The molecular formula is C21H19N3O5. The summed E-state index contributed by atoms with van der Waals surface area (Å²) in [6.45, 7) is 1.80. The Kier molecular flexibility index (Phi) is 5.73. The molecule has 148 valence electrons. The van der Waals surface area contributed by atoms with Gasteiger partial charge in [0, 0.05) is 30.4 Å².